The number of hydrogen-bond donors (Lipinski definition) is 1. The van der Waals surface area contributed by atoms with Crippen LogP contribution in [0, 0.1) is 0 Å². The molecule has 0 aliphatic carbocycles. The molecule has 1 aliphatic rings. The van der Waals surface area contributed by atoms with Crippen molar-refractivity contribution in [3.8, 4) is 5.69 Å². The molecule has 1 N–H and O–H groups in total. The number of thiocarbonyl (C=S) groups is 1. The highest BCUT2D eigenvalue weighted by atomic mass is 79.9. The number of nitrogens with zero attached hydrogens (tertiary/aromatic N) is 3. The third kappa shape index (κ3) is 3.93. The minimum absolute atomic E-state index is 0.0674. The number of halogens is 2. The van der Waals surface area contributed by atoms with Crippen molar-refractivity contribution in [1.29, 1.82) is 0 Å². The molecule has 1 saturated heterocycles. The molecule has 0 bridgehead atoms. The molecule has 2 aromatic carbocycles. The number of pyridine rings is 1. The SMILES string of the molecule is S=C1N[C@@H](c2ccccn2)[C@@H](c2cccn2-c2ccc(Br)cc2)N1c1ccc(Br)cc1. The summed E-state index contributed by atoms with van der Waals surface area (Å²) in [6.45, 7) is 0. The summed E-state index contributed by atoms with van der Waals surface area (Å²) in [6.07, 6.45) is 3.92. The molecule has 1 fully saturated rings. The lowest BCUT2D eigenvalue weighted by Crippen LogP contribution is -2.30. The molecule has 4 nitrogen and oxygen atoms in total. The zero-order chi connectivity index (χ0) is 21.4. The Balaban J connectivity index is 1.66. The summed E-state index contributed by atoms with van der Waals surface area (Å²) in [4.78, 5) is 6.83. The minimum Gasteiger partial charge on any atom is -0.351 e. The first-order chi connectivity index (χ1) is 15.1. The molecular formula is C24H18Br2N4S. The van der Waals surface area contributed by atoms with Crippen LogP contribution < -0.4 is 10.2 Å². The van der Waals surface area contributed by atoms with Crippen LogP contribution in [0.5, 0.6) is 0 Å². The standard InChI is InChI=1S/C24H18Br2N4S/c25-16-6-10-18(11-7-16)29-15-3-5-21(29)23-22(20-4-1-2-14-27-20)28-24(31)30(23)19-12-8-17(26)9-13-19/h1-15,22-23H,(H,28,31)/t22-,23+/m0/s1. The van der Waals surface area contributed by atoms with Gasteiger partial charge in [-0.2, -0.15) is 0 Å². The molecule has 31 heavy (non-hydrogen) atoms. The number of benzene rings is 2. The Morgan fingerprint density at radius 1 is 0.806 bits per heavy atom. The molecule has 1 aliphatic heterocycles. The van der Waals surface area contributed by atoms with Crippen molar-refractivity contribution in [1.82, 2.24) is 14.9 Å². The van der Waals surface area contributed by atoms with E-state index in [1.807, 2.05) is 36.5 Å². The quantitative estimate of drug-likeness (QED) is 0.290. The smallest absolute Gasteiger partial charge is 0.174 e. The number of anilines is 1. The summed E-state index contributed by atoms with van der Waals surface area (Å²) in [7, 11) is 0. The van der Waals surface area contributed by atoms with Crippen molar-refractivity contribution in [3.63, 3.8) is 0 Å². The van der Waals surface area contributed by atoms with Gasteiger partial charge in [-0.3, -0.25) is 4.98 Å². The second kappa shape index (κ2) is 8.57. The Kier molecular flexibility index (Phi) is 5.65. The molecular weight excluding hydrogens is 536 g/mol. The van der Waals surface area contributed by atoms with Gasteiger partial charge >= 0.3 is 0 Å². The van der Waals surface area contributed by atoms with Gasteiger partial charge in [0, 0.05) is 38.4 Å². The third-order valence-electron chi connectivity index (χ3n) is 5.39. The molecule has 2 atom stereocenters. The van der Waals surface area contributed by atoms with Crippen LogP contribution in [0.3, 0.4) is 0 Å². The Labute approximate surface area is 203 Å². The van der Waals surface area contributed by atoms with E-state index in [0.29, 0.717) is 5.11 Å². The van der Waals surface area contributed by atoms with Gasteiger partial charge in [0.1, 0.15) is 6.04 Å². The minimum atomic E-state index is -0.0820. The molecule has 2 aromatic heterocycles. The summed E-state index contributed by atoms with van der Waals surface area (Å²) in [5.74, 6) is 0. The van der Waals surface area contributed by atoms with Gasteiger partial charge in [-0.1, -0.05) is 37.9 Å². The van der Waals surface area contributed by atoms with Crippen molar-refractivity contribution < 1.29 is 0 Å². The van der Waals surface area contributed by atoms with Gasteiger partial charge in [-0.25, -0.2) is 0 Å². The maximum absolute atomic E-state index is 5.82. The van der Waals surface area contributed by atoms with E-state index in [1.54, 1.807) is 0 Å². The van der Waals surface area contributed by atoms with Gasteiger partial charge in [0.05, 0.1) is 11.7 Å². The highest BCUT2D eigenvalue weighted by Crippen LogP contribution is 2.42. The number of hydrogen-bond acceptors (Lipinski definition) is 2. The second-order valence-corrected chi connectivity index (χ2v) is 9.47. The number of aromatic nitrogens is 2. The predicted molar refractivity (Wildman–Crippen MR) is 136 cm³/mol. The van der Waals surface area contributed by atoms with Crippen molar-refractivity contribution in [3.05, 3.63) is 112 Å². The van der Waals surface area contributed by atoms with Crippen molar-refractivity contribution in [2.45, 2.75) is 12.1 Å². The Hall–Kier alpha value is -2.48. The van der Waals surface area contributed by atoms with E-state index in [0.717, 1.165) is 31.7 Å². The van der Waals surface area contributed by atoms with E-state index in [9.17, 15) is 0 Å². The normalized spacial score (nSPS) is 18.3. The molecule has 4 aromatic rings. The first kappa shape index (κ1) is 20.4. The zero-order valence-corrected chi connectivity index (χ0v) is 20.3. The Morgan fingerprint density at radius 2 is 1.48 bits per heavy atom. The Bertz CT molecular complexity index is 1210. The van der Waals surface area contributed by atoms with E-state index in [-0.39, 0.29) is 12.1 Å². The van der Waals surface area contributed by atoms with Gasteiger partial charge in [0.15, 0.2) is 5.11 Å². The second-order valence-electron chi connectivity index (χ2n) is 7.25. The fourth-order valence-corrected chi connectivity index (χ4v) is 4.88. The van der Waals surface area contributed by atoms with Crippen molar-refractivity contribution >= 4 is 54.9 Å². The summed E-state index contributed by atoms with van der Waals surface area (Å²) >= 11 is 12.9. The lowest BCUT2D eigenvalue weighted by Gasteiger charge is -2.29. The average molecular weight is 554 g/mol. The van der Waals surface area contributed by atoms with Gasteiger partial charge in [0.2, 0.25) is 0 Å². The van der Waals surface area contributed by atoms with Gasteiger partial charge in [0.25, 0.3) is 0 Å². The monoisotopic (exact) mass is 552 g/mol. The van der Waals surface area contributed by atoms with E-state index >= 15 is 0 Å². The third-order valence-corrected chi connectivity index (χ3v) is 6.76. The number of nitrogens with one attached hydrogen (secondary N) is 1. The first-order valence-corrected chi connectivity index (χ1v) is 11.8. The molecule has 0 amide bonds. The zero-order valence-electron chi connectivity index (χ0n) is 16.3. The van der Waals surface area contributed by atoms with Crippen LogP contribution in [0.4, 0.5) is 5.69 Å². The summed E-state index contributed by atoms with van der Waals surface area (Å²) < 4.78 is 4.30. The largest absolute Gasteiger partial charge is 0.351 e. The number of rotatable bonds is 4. The molecule has 0 saturated carbocycles. The molecule has 7 heteroatoms. The van der Waals surface area contributed by atoms with Crippen LogP contribution in [0.15, 0.2) is 100 Å². The highest BCUT2D eigenvalue weighted by Gasteiger charge is 2.42. The van der Waals surface area contributed by atoms with Crippen LogP contribution in [0.1, 0.15) is 23.5 Å². The van der Waals surface area contributed by atoms with Crippen LogP contribution in [-0.2, 0) is 0 Å². The van der Waals surface area contributed by atoms with Crippen LogP contribution >= 0.6 is 44.1 Å². The summed E-state index contributed by atoms with van der Waals surface area (Å²) in [5.41, 5.74) is 4.22. The Morgan fingerprint density at radius 3 is 2.13 bits per heavy atom. The van der Waals surface area contributed by atoms with Crippen LogP contribution in [0.25, 0.3) is 5.69 Å². The van der Waals surface area contributed by atoms with Gasteiger partial charge in [-0.15, -0.1) is 0 Å². The fraction of sp³-hybridized carbons (Fsp3) is 0.0833. The molecule has 3 heterocycles. The van der Waals surface area contributed by atoms with E-state index in [1.165, 1.54) is 0 Å². The maximum Gasteiger partial charge on any atom is 0.174 e. The molecule has 0 radical (unpaired) electrons. The van der Waals surface area contributed by atoms with Gasteiger partial charge < -0.3 is 14.8 Å². The van der Waals surface area contributed by atoms with Crippen LogP contribution in [0.2, 0.25) is 0 Å². The topological polar surface area (TPSA) is 33.1 Å². The van der Waals surface area contributed by atoms with Crippen molar-refractivity contribution in [2.24, 2.45) is 0 Å². The van der Waals surface area contributed by atoms with Gasteiger partial charge in [-0.05, 0) is 85.0 Å². The average Bonchev–Trinajstić information content (AvgIpc) is 3.40. The molecule has 0 unspecified atom stereocenters. The van der Waals surface area contributed by atoms with E-state index in [4.69, 9.17) is 12.2 Å². The fourth-order valence-electron chi connectivity index (χ4n) is 4.01. The van der Waals surface area contributed by atoms with E-state index < -0.39 is 0 Å². The summed E-state index contributed by atoms with van der Waals surface area (Å²) in [5, 5.41) is 4.21. The molecule has 0 spiro atoms. The molecule has 5 rings (SSSR count). The maximum atomic E-state index is 5.82. The highest BCUT2D eigenvalue weighted by molar-refractivity contribution is 9.10. The lowest BCUT2D eigenvalue weighted by molar-refractivity contribution is 0.549. The van der Waals surface area contributed by atoms with E-state index in [2.05, 4.69) is 106 Å². The lowest BCUT2D eigenvalue weighted by atomic mass is 10.0. The van der Waals surface area contributed by atoms with Crippen LogP contribution in [-0.4, -0.2) is 14.7 Å². The van der Waals surface area contributed by atoms with Crippen molar-refractivity contribution in [2.75, 3.05) is 4.90 Å². The predicted octanol–water partition coefficient (Wildman–Crippen LogP) is 6.57. The first-order valence-electron chi connectivity index (χ1n) is 9.81. The summed E-state index contributed by atoms with van der Waals surface area (Å²) in [6, 6.07) is 26.6. The molecule has 154 valence electrons.